The van der Waals surface area contributed by atoms with E-state index in [-0.39, 0.29) is 17.6 Å². The highest BCUT2D eigenvalue weighted by molar-refractivity contribution is 9.10. The zero-order valence-corrected chi connectivity index (χ0v) is 19.7. The molecule has 3 aromatic carbocycles. The van der Waals surface area contributed by atoms with Gasteiger partial charge in [-0.1, -0.05) is 41.4 Å². The number of amides is 1. The van der Waals surface area contributed by atoms with Crippen molar-refractivity contribution >= 4 is 39.1 Å². The summed E-state index contributed by atoms with van der Waals surface area (Å²) in [4.78, 5) is 17.6. The third kappa shape index (κ3) is 4.74. The van der Waals surface area contributed by atoms with E-state index in [1.807, 2.05) is 18.2 Å². The number of nitrogens with one attached hydrogen (secondary N) is 1. The largest absolute Gasteiger partial charge is 0.319 e. The van der Waals surface area contributed by atoms with Crippen LogP contribution in [0.25, 0.3) is 17.1 Å². The maximum Gasteiger partial charge on any atom is 0.295 e. The lowest BCUT2D eigenvalue weighted by atomic mass is 10.0. The number of carbonyl (C=O) groups is 1. The number of halogens is 3. The van der Waals surface area contributed by atoms with Gasteiger partial charge in [0.2, 0.25) is 5.82 Å². The number of rotatable bonds is 5. The molecule has 0 atom stereocenters. The van der Waals surface area contributed by atoms with Gasteiger partial charge in [0, 0.05) is 20.7 Å². The summed E-state index contributed by atoms with van der Waals surface area (Å²) in [7, 11) is 0. The SMILES string of the molecule is CC(C)c1cc(Br)ccc1NC(=O)c1nc(-c2ccc(Cl)cc2)n(-c2ccc(F)cc2)n1. The van der Waals surface area contributed by atoms with E-state index in [2.05, 4.69) is 45.2 Å². The monoisotopic (exact) mass is 512 g/mol. The van der Waals surface area contributed by atoms with Crippen LogP contribution >= 0.6 is 27.5 Å². The average Bonchev–Trinajstić information content (AvgIpc) is 3.21. The summed E-state index contributed by atoms with van der Waals surface area (Å²) in [5.41, 5.74) is 2.98. The van der Waals surface area contributed by atoms with Crippen molar-refractivity contribution in [2.45, 2.75) is 19.8 Å². The van der Waals surface area contributed by atoms with Crippen LogP contribution in [0.1, 0.15) is 35.9 Å². The molecule has 0 aliphatic carbocycles. The molecule has 162 valence electrons. The van der Waals surface area contributed by atoms with Crippen molar-refractivity contribution in [1.29, 1.82) is 0 Å². The van der Waals surface area contributed by atoms with Gasteiger partial charge in [-0.3, -0.25) is 4.79 Å². The fraction of sp³-hybridized carbons (Fsp3) is 0.125. The Kier molecular flexibility index (Phi) is 6.39. The third-order valence-electron chi connectivity index (χ3n) is 4.87. The van der Waals surface area contributed by atoms with Crippen LogP contribution < -0.4 is 5.32 Å². The zero-order valence-electron chi connectivity index (χ0n) is 17.3. The average molecular weight is 514 g/mol. The van der Waals surface area contributed by atoms with E-state index in [0.29, 0.717) is 22.2 Å². The molecular formula is C24H19BrClFN4O. The summed E-state index contributed by atoms with van der Waals surface area (Å²) in [6.45, 7) is 4.11. The molecule has 1 N–H and O–H groups in total. The van der Waals surface area contributed by atoms with Crippen LogP contribution in [-0.4, -0.2) is 20.7 Å². The molecule has 0 saturated carbocycles. The van der Waals surface area contributed by atoms with E-state index in [1.165, 1.54) is 16.8 Å². The normalized spacial score (nSPS) is 11.1. The van der Waals surface area contributed by atoms with Gasteiger partial charge in [-0.15, -0.1) is 5.10 Å². The molecule has 8 heteroatoms. The molecule has 0 aliphatic rings. The van der Waals surface area contributed by atoms with Crippen LogP contribution in [0.5, 0.6) is 0 Å². The number of nitrogens with zero attached hydrogens (tertiary/aromatic N) is 3. The zero-order chi connectivity index (χ0) is 22.8. The molecule has 0 aliphatic heterocycles. The maximum atomic E-state index is 13.5. The Bertz CT molecular complexity index is 1210. The lowest BCUT2D eigenvalue weighted by Gasteiger charge is -2.13. The second kappa shape index (κ2) is 9.22. The quantitative estimate of drug-likeness (QED) is 0.317. The summed E-state index contributed by atoms with van der Waals surface area (Å²) in [6, 6.07) is 18.6. The van der Waals surface area contributed by atoms with Gasteiger partial charge in [-0.05, 0) is 78.2 Å². The van der Waals surface area contributed by atoms with Crippen LogP contribution in [0, 0.1) is 5.82 Å². The van der Waals surface area contributed by atoms with Crippen molar-refractivity contribution < 1.29 is 9.18 Å². The first-order valence-corrected chi connectivity index (χ1v) is 11.1. The lowest BCUT2D eigenvalue weighted by molar-refractivity contribution is 0.101. The van der Waals surface area contributed by atoms with Gasteiger partial charge in [0.25, 0.3) is 5.91 Å². The molecule has 0 unspecified atom stereocenters. The second-order valence-corrected chi connectivity index (χ2v) is 8.85. The molecule has 4 rings (SSSR count). The molecule has 0 radical (unpaired) electrons. The molecule has 0 saturated heterocycles. The van der Waals surface area contributed by atoms with Crippen LogP contribution in [0.2, 0.25) is 5.02 Å². The number of benzene rings is 3. The molecule has 0 bridgehead atoms. The molecule has 1 heterocycles. The Balaban J connectivity index is 1.75. The molecule has 5 nitrogen and oxygen atoms in total. The summed E-state index contributed by atoms with van der Waals surface area (Å²) in [5, 5.41) is 7.92. The second-order valence-electron chi connectivity index (χ2n) is 7.49. The van der Waals surface area contributed by atoms with Gasteiger partial charge in [-0.25, -0.2) is 14.1 Å². The third-order valence-corrected chi connectivity index (χ3v) is 5.61. The number of anilines is 1. The molecule has 4 aromatic rings. The van der Waals surface area contributed by atoms with Crippen LogP contribution in [0.4, 0.5) is 10.1 Å². The molecule has 1 amide bonds. The fourth-order valence-electron chi connectivity index (χ4n) is 3.26. The standard InChI is InChI=1S/C24H19BrClFN4O/c1-14(2)20-13-16(25)5-12-21(20)28-24(32)22-29-23(15-3-6-17(26)7-4-15)31(30-22)19-10-8-18(27)9-11-19/h3-14H,1-2H3,(H,28,32). The van der Waals surface area contributed by atoms with Gasteiger partial charge in [0.15, 0.2) is 5.82 Å². The number of carbonyl (C=O) groups excluding carboxylic acids is 1. The van der Waals surface area contributed by atoms with Gasteiger partial charge >= 0.3 is 0 Å². The summed E-state index contributed by atoms with van der Waals surface area (Å²) in [6.07, 6.45) is 0. The molecular weight excluding hydrogens is 495 g/mol. The Hall–Kier alpha value is -3.03. The minimum atomic E-state index is -0.440. The highest BCUT2D eigenvalue weighted by Gasteiger charge is 2.20. The van der Waals surface area contributed by atoms with Gasteiger partial charge in [0.1, 0.15) is 5.82 Å². The first kappa shape index (κ1) is 22.2. The molecule has 0 fully saturated rings. The minimum absolute atomic E-state index is 0.00287. The van der Waals surface area contributed by atoms with Crippen molar-refractivity contribution in [3.63, 3.8) is 0 Å². The van der Waals surface area contributed by atoms with Crippen LogP contribution in [0.3, 0.4) is 0 Å². The smallest absolute Gasteiger partial charge is 0.295 e. The Morgan fingerprint density at radius 3 is 2.41 bits per heavy atom. The lowest BCUT2D eigenvalue weighted by Crippen LogP contribution is -2.16. The summed E-state index contributed by atoms with van der Waals surface area (Å²) in [5.74, 6) is -0.158. The van der Waals surface area contributed by atoms with Crippen molar-refractivity contribution in [1.82, 2.24) is 14.8 Å². The van der Waals surface area contributed by atoms with E-state index >= 15 is 0 Å². The minimum Gasteiger partial charge on any atom is -0.319 e. The maximum absolute atomic E-state index is 13.5. The van der Waals surface area contributed by atoms with Crippen LogP contribution in [-0.2, 0) is 0 Å². The van der Waals surface area contributed by atoms with Crippen molar-refractivity contribution in [3.05, 3.63) is 93.4 Å². The summed E-state index contributed by atoms with van der Waals surface area (Å²) < 4.78 is 15.9. The van der Waals surface area contributed by atoms with Gasteiger partial charge in [0.05, 0.1) is 5.69 Å². The van der Waals surface area contributed by atoms with Crippen molar-refractivity contribution in [3.8, 4) is 17.1 Å². The fourth-order valence-corrected chi connectivity index (χ4v) is 3.76. The van der Waals surface area contributed by atoms with E-state index < -0.39 is 5.91 Å². The Morgan fingerprint density at radius 2 is 1.75 bits per heavy atom. The molecule has 1 aromatic heterocycles. The Labute approximate surface area is 198 Å². The predicted octanol–water partition coefficient (Wildman–Crippen LogP) is 6.87. The predicted molar refractivity (Wildman–Crippen MR) is 128 cm³/mol. The first-order valence-electron chi connectivity index (χ1n) is 9.91. The Morgan fingerprint density at radius 1 is 1.06 bits per heavy atom. The van der Waals surface area contributed by atoms with E-state index in [1.54, 1.807) is 36.4 Å². The highest BCUT2D eigenvalue weighted by atomic mass is 79.9. The number of aromatic nitrogens is 3. The van der Waals surface area contributed by atoms with Gasteiger partial charge < -0.3 is 5.32 Å². The molecule has 0 spiro atoms. The molecule has 32 heavy (non-hydrogen) atoms. The van der Waals surface area contributed by atoms with E-state index in [4.69, 9.17) is 11.6 Å². The van der Waals surface area contributed by atoms with Gasteiger partial charge in [-0.2, -0.15) is 0 Å². The topological polar surface area (TPSA) is 59.8 Å². The highest BCUT2D eigenvalue weighted by Crippen LogP contribution is 2.28. The number of hydrogen-bond donors (Lipinski definition) is 1. The van der Waals surface area contributed by atoms with Crippen molar-refractivity contribution in [2.24, 2.45) is 0 Å². The van der Waals surface area contributed by atoms with E-state index in [0.717, 1.165) is 15.6 Å². The summed E-state index contributed by atoms with van der Waals surface area (Å²) >= 11 is 9.49. The first-order chi connectivity index (χ1) is 15.3. The van der Waals surface area contributed by atoms with E-state index in [9.17, 15) is 9.18 Å². The van der Waals surface area contributed by atoms with Crippen LogP contribution in [0.15, 0.2) is 71.2 Å². The van der Waals surface area contributed by atoms with Crippen molar-refractivity contribution in [2.75, 3.05) is 5.32 Å². The number of hydrogen-bond acceptors (Lipinski definition) is 3.